The average molecular weight is 368 g/mol. The van der Waals surface area contributed by atoms with Crippen LogP contribution in [0.1, 0.15) is 17.3 Å². The summed E-state index contributed by atoms with van der Waals surface area (Å²) in [6, 6.07) is 11.4. The van der Waals surface area contributed by atoms with Crippen molar-refractivity contribution in [2.45, 2.75) is 11.8 Å². The van der Waals surface area contributed by atoms with Gasteiger partial charge < -0.3 is 0 Å². The van der Waals surface area contributed by atoms with Gasteiger partial charge in [0.05, 0.1) is 22.5 Å². The van der Waals surface area contributed by atoms with Gasteiger partial charge in [0, 0.05) is 5.56 Å². The molecular weight excluding hydrogens is 352 g/mol. The molecule has 0 atom stereocenters. The number of carbonyl (C=O) groups excluding carboxylic acids is 1. The molecule has 2 N–H and O–H groups in total. The van der Waals surface area contributed by atoms with Crippen molar-refractivity contribution in [2.75, 3.05) is 15.7 Å². The van der Waals surface area contributed by atoms with Crippen LogP contribution in [0.2, 0.25) is 0 Å². The molecule has 0 aliphatic heterocycles. The van der Waals surface area contributed by atoms with Gasteiger partial charge in [-0.2, -0.15) is 0 Å². The van der Waals surface area contributed by atoms with Crippen LogP contribution in [0.3, 0.4) is 0 Å². The summed E-state index contributed by atoms with van der Waals surface area (Å²) in [5.74, 6) is -0.161. The predicted molar refractivity (Wildman–Crippen MR) is 92.2 cm³/mol. The van der Waals surface area contributed by atoms with Crippen LogP contribution in [-0.2, 0) is 20.0 Å². The van der Waals surface area contributed by atoms with Gasteiger partial charge in [-0.3, -0.25) is 14.2 Å². The molecule has 0 amide bonds. The lowest BCUT2D eigenvalue weighted by atomic mass is 10.2. The quantitative estimate of drug-likeness (QED) is 0.759. The second-order valence-corrected chi connectivity index (χ2v) is 8.57. The third kappa shape index (κ3) is 4.80. The normalized spacial score (nSPS) is 11.8. The van der Waals surface area contributed by atoms with Crippen molar-refractivity contribution in [1.29, 1.82) is 0 Å². The zero-order valence-electron chi connectivity index (χ0n) is 13.0. The molecule has 2 aromatic carbocycles. The Morgan fingerprint density at radius 3 is 1.92 bits per heavy atom. The standard InChI is InChI=1S/C15H16N2O5S2/c1-11(18)12-6-8-15(9-7-12)24(21,22)17-14-5-3-4-13(10-14)16-23(2,19)20/h3-10,16-17H,1-2H3. The van der Waals surface area contributed by atoms with Gasteiger partial charge in [-0.25, -0.2) is 16.8 Å². The number of rotatable bonds is 6. The first-order valence-corrected chi connectivity index (χ1v) is 10.2. The van der Waals surface area contributed by atoms with Crippen molar-refractivity contribution >= 4 is 37.2 Å². The molecule has 24 heavy (non-hydrogen) atoms. The molecule has 0 aliphatic carbocycles. The molecule has 0 heterocycles. The second kappa shape index (κ2) is 6.62. The molecule has 0 fully saturated rings. The molecule has 9 heteroatoms. The van der Waals surface area contributed by atoms with Crippen molar-refractivity contribution < 1.29 is 21.6 Å². The largest absolute Gasteiger partial charge is 0.295 e. The summed E-state index contributed by atoms with van der Waals surface area (Å²) in [6.07, 6.45) is 1.00. The van der Waals surface area contributed by atoms with Crippen LogP contribution in [-0.4, -0.2) is 28.9 Å². The van der Waals surface area contributed by atoms with E-state index in [1.807, 2.05) is 0 Å². The molecule has 0 spiro atoms. The number of Topliss-reactive ketones (excluding diaryl/α,β-unsaturated/α-hetero) is 1. The van der Waals surface area contributed by atoms with Gasteiger partial charge in [-0.15, -0.1) is 0 Å². The maximum Gasteiger partial charge on any atom is 0.261 e. The van der Waals surface area contributed by atoms with Crippen LogP contribution < -0.4 is 9.44 Å². The van der Waals surface area contributed by atoms with Gasteiger partial charge in [0.25, 0.3) is 10.0 Å². The molecule has 0 bridgehead atoms. The fourth-order valence-corrected chi connectivity index (χ4v) is 3.55. The van der Waals surface area contributed by atoms with E-state index < -0.39 is 20.0 Å². The average Bonchev–Trinajstić information content (AvgIpc) is 2.45. The van der Waals surface area contributed by atoms with E-state index in [9.17, 15) is 21.6 Å². The first kappa shape index (κ1) is 18.0. The number of nitrogens with one attached hydrogen (secondary N) is 2. The number of sulfonamides is 2. The van der Waals surface area contributed by atoms with Gasteiger partial charge >= 0.3 is 0 Å². The van der Waals surface area contributed by atoms with E-state index >= 15 is 0 Å². The molecular formula is C15H16N2O5S2. The fourth-order valence-electron chi connectivity index (χ4n) is 1.94. The highest BCUT2D eigenvalue weighted by atomic mass is 32.2. The Morgan fingerprint density at radius 2 is 1.42 bits per heavy atom. The van der Waals surface area contributed by atoms with Crippen molar-refractivity contribution in [2.24, 2.45) is 0 Å². The van der Waals surface area contributed by atoms with Crippen LogP contribution in [0.25, 0.3) is 0 Å². The summed E-state index contributed by atoms with van der Waals surface area (Å²) in [5, 5.41) is 0. The van der Waals surface area contributed by atoms with Crippen LogP contribution in [0.15, 0.2) is 53.4 Å². The molecule has 2 aromatic rings. The monoisotopic (exact) mass is 368 g/mol. The lowest BCUT2D eigenvalue weighted by molar-refractivity contribution is 0.101. The Morgan fingerprint density at radius 1 is 0.875 bits per heavy atom. The minimum atomic E-state index is -3.85. The van der Waals surface area contributed by atoms with Gasteiger partial charge in [0.2, 0.25) is 10.0 Å². The minimum Gasteiger partial charge on any atom is -0.295 e. The third-order valence-electron chi connectivity index (χ3n) is 2.99. The zero-order valence-corrected chi connectivity index (χ0v) is 14.6. The Hall–Kier alpha value is -2.39. The number of hydrogen-bond acceptors (Lipinski definition) is 5. The SMILES string of the molecule is CC(=O)c1ccc(S(=O)(=O)Nc2cccc(NS(C)(=O)=O)c2)cc1. The first-order chi connectivity index (χ1) is 11.1. The van der Waals surface area contributed by atoms with Crippen LogP contribution >= 0.6 is 0 Å². The minimum absolute atomic E-state index is 0.00558. The summed E-state index contributed by atoms with van der Waals surface area (Å²) >= 11 is 0. The van der Waals surface area contributed by atoms with E-state index in [4.69, 9.17) is 0 Å². The molecule has 2 rings (SSSR count). The molecule has 0 saturated heterocycles. The number of carbonyl (C=O) groups is 1. The van der Waals surface area contributed by atoms with Gasteiger partial charge in [-0.05, 0) is 37.3 Å². The van der Waals surface area contributed by atoms with Gasteiger partial charge in [0.15, 0.2) is 5.78 Å². The second-order valence-electron chi connectivity index (χ2n) is 5.14. The summed E-state index contributed by atoms with van der Waals surface area (Å²) < 4.78 is 51.8. The Kier molecular flexibility index (Phi) is 4.95. The molecule has 0 unspecified atom stereocenters. The number of benzene rings is 2. The smallest absolute Gasteiger partial charge is 0.261 e. The molecule has 0 saturated carbocycles. The summed E-state index contributed by atoms with van der Waals surface area (Å²) in [4.78, 5) is 11.2. The van der Waals surface area contributed by atoms with Crippen molar-refractivity contribution in [3.63, 3.8) is 0 Å². The molecule has 0 radical (unpaired) electrons. The van der Waals surface area contributed by atoms with E-state index in [1.54, 1.807) is 0 Å². The highest BCUT2D eigenvalue weighted by Gasteiger charge is 2.15. The lowest BCUT2D eigenvalue weighted by Gasteiger charge is -2.10. The number of hydrogen-bond donors (Lipinski definition) is 2. The van der Waals surface area contributed by atoms with E-state index in [0.717, 1.165) is 6.26 Å². The third-order valence-corrected chi connectivity index (χ3v) is 4.99. The molecule has 128 valence electrons. The van der Waals surface area contributed by atoms with Crippen LogP contribution in [0, 0.1) is 0 Å². The fraction of sp³-hybridized carbons (Fsp3) is 0.133. The Balaban J connectivity index is 2.26. The lowest BCUT2D eigenvalue weighted by Crippen LogP contribution is -2.14. The summed E-state index contributed by atoms with van der Waals surface area (Å²) in [7, 11) is -7.32. The maximum atomic E-state index is 12.3. The predicted octanol–water partition coefficient (Wildman–Crippen LogP) is 2.06. The number of ketones is 1. The summed E-state index contributed by atoms with van der Waals surface area (Å²) in [5.41, 5.74) is 0.859. The van der Waals surface area contributed by atoms with Crippen LogP contribution in [0.4, 0.5) is 11.4 Å². The van der Waals surface area contributed by atoms with E-state index in [1.165, 1.54) is 55.5 Å². The van der Waals surface area contributed by atoms with E-state index in [-0.39, 0.29) is 22.1 Å². The zero-order chi connectivity index (χ0) is 18.0. The highest BCUT2D eigenvalue weighted by molar-refractivity contribution is 7.92. The Labute approximate surface area is 140 Å². The van der Waals surface area contributed by atoms with E-state index in [0.29, 0.717) is 5.56 Å². The number of anilines is 2. The first-order valence-electron chi connectivity index (χ1n) is 6.78. The highest BCUT2D eigenvalue weighted by Crippen LogP contribution is 2.20. The van der Waals surface area contributed by atoms with Gasteiger partial charge in [-0.1, -0.05) is 18.2 Å². The molecule has 7 nitrogen and oxygen atoms in total. The molecule has 0 aromatic heterocycles. The maximum absolute atomic E-state index is 12.3. The van der Waals surface area contributed by atoms with Crippen molar-refractivity contribution in [1.82, 2.24) is 0 Å². The van der Waals surface area contributed by atoms with Crippen molar-refractivity contribution in [3.05, 3.63) is 54.1 Å². The van der Waals surface area contributed by atoms with Crippen molar-refractivity contribution in [3.8, 4) is 0 Å². The molecule has 0 aliphatic rings. The Bertz CT molecular complexity index is 965. The van der Waals surface area contributed by atoms with E-state index in [2.05, 4.69) is 9.44 Å². The van der Waals surface area contributed by atoms with Crippen LogP contribution in [0.5, 0.6) is 0 Å². The summed E-state index contributed by atoms with van der Waals surface area (Å²) in [6.45, 7) is 1.39. The van der Waals surface area contributed by atoms with Gasteiger partial charge in [0.1, 0.15) is 0 Å². The topological polar surface area (TPSA) is 109 Å².